The van der Waals surface area contributed by atoms with E-state index in [-0.39, 0.29) is 10.9 Å². The molecule has 2 heterocycles. The number of nitrogens with zero attached hydrogens (tertiary/aromatic N) is 1. The Morgan fingerprint density at radius 1 is 1.53 bits per heavy atom. The summed E-state index contributed by atoms with van der Waals surface area (Å²) in [4.78, 5) is 13.5. The molecule has 0 aliphatic carbocycles. The van der Waals surface area contributed by atoms with Crippen molar-refractivity contribution in [2.24, 2.45) is 0 Å². The van der Waals surface area contributed by atoms with Gasteiger partial charge >= 0.3 is 5.97 Å². The molecule has 2 aliphatic rings. The van der Waals surface area contributed by atoms with Crippen molar-refractivity contribution >= 4 is 17.7 Å². The summed E-state index contributed by atoms with van der Waals surface area (Å²) in [6.07, 6.45) is 4.54. The maximum absolute atomic E-state index is 11.0. The van der Waals surface area contributed by atoms with Crippen molar-refractivity contribution in [3.63, 3.8) is 0 Å². The molecule has 1 spiro atoms. The average Bonchev–Trinajstić information content (AvgIpc) is 2.61. The smallest absolute Gasteiger partial charge is 0.321 e. The van der Waals surface area contributed by atoms with Crippen LogP contribution < -0.4 is 5.32 Å². The highest BCUT2D eigenvalue weighted by Gasteiger charge is 2.42. The number of thioether (sulfide) groups is 1. The molecule has 0 aromatic rings. The summed E-state index contributed by atoms with van der Waals surface area (Å²) < 4.78 is 0. The van der Waals surface area contributed by atoms with Crippen LogP contribution in [0.25, 0.3) is 0 Å². The molecule has 1 unspecified atom stereocenters. The predicted molar refractivity (Wildman–Crippen MR) is 70.3 cm³/mol. The third-order valence-electron chi connectivity index (χ3n) is 3.69. The monoisotopic (exact) mass is 258 g/mol. The second kappa shape index (κ2) is 5.59. The quantitative estimate of drug-likeness (QED) is 0.801. The van der Waals surface area contributed by atoms with Crippen LogP contribution in [0, 0.1) is 0 Å². The zero-order chi connectivity index (χ0) is 12.3. The van der Waals surface area contributed by atoms with Gasteiger partial charge in [0.2, 0.25) is 0 Å². The standard InChI is InChI=1S/C12H22N2O2S/c1-2-6-14-7-3-4-12(5-8-14)13-10(9-17-12)11(15)16/h10,13H,2-9H2,1H3,(H,15,16)/t10-,12?/m0/s1. The second-order valence-corrected chi connectivity index (χ2v) is 6.44. The van der Waals surface area contributed by atoms with Gasteiger partial charge in [-0.25, -0.2) is 0 Å². The molecular formula is C12H22N2O2S. The van der Waals surface area contributed by atoms with Gasteiger partial charge in [-0.2, -0.15) is 0 Å². The van der Waals surface area contributed by atoms with Crippen molar-refractivity contribution < 1.29 is 9.90 Å². The minimum absolute atomic E-state index is 0.0333. The number of likely N-dealkylation sites (tertiary alicyclic amines) is 1. The lowest BCUT2D eigenvalue weighted by atomic mass is 10.1. The fraction of sp³-hybridized carbons (Fsp3) is 0.917. The van der Waals surface area contributed by atoms with Crippen LogP contribution in [-0.2, 0) is 4.79 Å². The molecule has 0 amide bonds. The van der Waals surface area contributed by atoms with Crippen LogP contribution >= 0.6 is 11.8 Å². The van der Waals surface area contributed by atoms with Gasteiger partial charge in [-0.3, -0.25) is 10.1 Å². The van der Waals surface area contributed by atoms with Crippen molar-refractivity contribution in [1.82, 2.24) is 10.2 Å². The van der Waals surface area contributed by atoms with Crippen molar-refractivity contribution in [3.05, 3.63) is 0 Å². The maximum Gasteiger partial charge on any atom is 0.321 e. The van der Waals surface area contributed by atoms with E-state index < -0.39 is 5.97 Å². The van der Waals surface area contributed by atoms with E-state index in [1.807, 2.05) is 11.8 Å². The van der Waals surface area contributed by atoms with Gasteiger partial charge < -0.3 is 10.0 Å². The fourth-order valence-corrected chi connectivity index (χ4v) is 4.23. The molecule has 0 aromatic heterocycles. The van der Waals surface area contributed by atoms with E-state index in [0.29, 0.717) is 5.75 Å². The summed E-state index contributed by atoms with van der Waals surface area (Å²) >= 11 is 1.82. The summed E-state index contributed by atoms with van der Waals surface area (Å²) in [5, 5.41) is 12.4. The third kappa shape index (κ3) is 3.14. The van der Waals surface area contributed by atoms with Crippen LogP contribution in [0.1, 0.15) is 32.6 Å². The summed E-state index contributed by atoms with van der Waals surface area (Å²) in [6.45, 7) is 5.64. The molecule has 5 heteroatoms. The lowest BCUT2D eigenvalue weighted by Gasteiger charge is -2.27. The lowest BCUT2D eigenvalue weighted by molar-refractivity contribution is -0.138. The molecule has 2 rings (SSSR count). The Labute approximate surface area is 107 Å². The van der Waals surface area contributed by atoms with E-state index in [0.717, 1.165) is 25.9 Å². The van der Waals surface area contributed by atoms with Gasteiger partial charge in [-0.1, -0.05) is 6.92 Å². The van der Waals surface area contributed by atoms with Crippen LogP contribution in [0.3, 0.4) is 0 Å². The Morgan fingerprint density at radius 2 is 2.35 bits per heavy atom. The predicted octanol–water partition coefficient (Wildman–Crippen LogP) is 1.37. The van der Waals surface area contributed by atoms with E-state index in [1.54, 1.807) is 0 Å². The molecule has 0 aromatic carbocycles. The summed E-state index contributed by atoms with van der Waals surface area (Å²) in [5.74, 6) is 0.00682. The normalized spacial score (nSPS) is 35.0. The Balaban J connectivity index is 1.92. The zero-order valence-corrected chi connectivity index (χ0v) is 11.3. The highest BCUT2D eigenvalue weighted by molar-refractivity contribution is 8.00. The van der Waals surface area contributed by atoms with Crippen molar-refractivity contribution in [1.29, 1.82) is 0 Å². The molecule has 2 saturated heterocycles. The number of carbonyl (C=O) groups is 1. The Kier molecular flexibility index (Phi) is 4.33. The number of carboxylic acid groups (broad SMARTS) is 1. The third-order valence-corrected chi connectivity index (χ3v) is 5.27. The van der Waals surface area contributed by atoms with Crippen LogP contribution in [0.5, 0.6) is 0 Å². The van der Waals surface area contributed by atoms with Gasteiger partial charge in [0.1, 0.15) is 6.04 Å². The molecule has 2 aliphatic heterocycles. The molecule has 98 valence electrons. The van der Waals surface area contributed by atoms with E-state index in [2.05, 4.69) is 17.1 Å². The summed E-state index contributed by atoms with van der Waals surface area (Å²) in [7, 11) is 0. The zero-order valence-electron chi connectivity index (χ0n) is 10.4. The van der Waals surface area contributed by atoms with E-state index in [4.69, 9.17) is 5.11 Å². The van der Waals surface area contributed by atoms with E-state index in [9.17, 15) is 4.79 Å². The first-order chi connectivity index (χ1) is 8.15. The SMILES string of the molecule is CCCN1CCCC2(CC1)N[C@H](C(=O)O)CS2. The van der Waals surface area contributed by atoms with Gasteiger partial charge in [0.25, 0.3) is 0 Å². The minimum Gasteiger partial charge on any atom is -0.480 e. The van der Waals surface area contributed by atoms with Crippen LogP contribution in [0.15, 0.2) is 0 Å². The molecule has 17 heavy (non-hydrogen) atoms. The van der Waals surface area contributed by atoms with Crippen LogP contribution in [0.4, 0.5) is 0 Å². The highest BCUT2D eigenvalue weighted by atomic mass is 32.2. The number of carboxylic acids is 1. The number of aliphatic carboxylic acids is 1. The number of hydrogen-bond donors (Lipinski definition) is 2. The molecule has 0 bridgehead atoms. The van der Waals surface area contributed by atoms with Gasteiger partial charge in [-0.15, -0.1) is 11.8 Å². The maximum atomic E-state index is 11.0. The molecule has 4 nitrogen and oxygen atoms in total. The molecule has 2 N–H and O–H groups in total. The molecule has 0 saturated carbocycles. The Morgan fingerprint density at radius 3 is 3.00 bits per heavy atom. The highest BCUT2D eigenvalue weighted by Crippen LogP contribution is 2.39. The topological polar surface area (TPSA) is 52.6 Å². The van der Waals surface area contributed by atoms with Crippen LogP contribution in [-0.4, -0.2) is 52.3 Å². The Hall–Kier alpha value is -0.260. The minimum atomic E-state index is -0.705. The van der Waals surface area contributed by atoms with Crippen molar-refractivity contribution in [2.75, 3.05) is 25.4 Å². The van der Waals surface area contributed by atoms with Gasteiger partial charge in [0.05, 0.1) is 4.87 Å². The summed E-state index contributed by atoms with van der Waals surface area (Å²) in [5.41, 5.74) is 0. The fourth-order valence-electron chi connectivity index (χ4n) is 2.77. The second-order valence-electron chi connectivity index (χ2n) is 5.04. The lowest BCUT2D eigenvalue weighted by Crippen LogP contribution is -2.45. The Bertz CT molecular complexity index is 288. The largest absolute Gasteiger partial charge is 0.480 e. The first kappa shape index (κ1) is 13.2. The molecule has 2 atom stereocenters. The summed E-state index contributed by atoms with van der Waals surface area (Å²) in [6, 6.07) is -0.349. The van der Waals surface area contributed by atoms with Crippen molar-refractivity contribution in [2.45, 2.75) is 43.5 Å². The average molecular weight is 258 g/mol. The number of nitrogens with one attached hydrogen (secondary N) is 1. The van der Waals surface area contributed by atoms with Crippen LogP contribution in [0.2, 0.25) is 0 Å². The first-order valence-electron chi connectivity index (χ1n) is 6.52. The van der Waals surface area contributed by atoms with Gasteiger partial charge in [0.15, 0.2) is 0 Å². The molecule has 0 radical (unpaired) electrons. The van der Waals surface area contributed by atoms with Gasteiger partial charge in [0, 0.05) is 12.3 Å². The van der Waals surface area contributed by atoms with E-state index >= 15 is 0 Å². The number of hydrogen-bond acceptors (Lipinski definition) is 4. The van der Waals surface area contributed by atoms with Crippen molar-refractivity contribution in [3.8, 4) is 0 Å². The molecular weight excluding hydrogens is 236 g/mol. The van der Waals surface area contributed by atoms with E-state index in [1.165, 1.54) is 19.4 Å². The van der Waals surface area contributed by atoms with Gasteiger partial charge in [-0.05, 0) is 38.8 Å². The first-order valence-corrected chi connectivity index (χ1v) is 7.50. The molecule has 2 fully saturated rings. The number of rotatable bonds is 3.